The lowest BCUT2D eigenvalue weighted by molar-refractivity contribution is 0.0447. The van der Waals surface area contributed by atoms with Gasteiger partial charge in [0.15, 0.2) is 11.5 Å². The van der Waals surface area contributed by atoms with E-state index in [0.29, 0.717) is 6.04 Å². The molecule has 2 aromatic rings. The van der Waals surface area contributed by atoms with Crippen LogP contribution in [-0.4, -0.2) is 64.8 Å². The zero-order valence-electron chi connectivity index (χ0n) is 14.1. The van der Waals surface area contributed by atoms with Gasteiger partial charge < -0.3 is 14.4 Å². The molecule has 5 heteroatoms. The van der Waals surface area contributed by atoms with E-state index in [-0.39, 0.29) is 6.10 Å². The number of oxazole rings is 1. The van der Waals surface area contributed by atoms with E-state index in [2.05, 4.69) is 21.7 Å². The molecule has 23 heavy (non-hydrogen) atoms. The molecule has 1 N–H and O–H groups in total. The van der Waals surface area contributed by atoms with Crippen LogP contribution in [0.3, 0.4) is 0 Å². The Bertz CT molecular complexity index is 593. The van der Waals surface area contributed by atoms with Crippen molar-refractivity contribution in [3.63, 3.8) is 0 Å². The van der Waals surface area contributed by atoms with Crippen LogP contribution in [0.15, 0.2) is 28.7 Å². The van der Waals surface area contributed by atoms with Crippen LogP contribution >= 0.6 is 0 Å². The van der Waals surface area contributed by atoms with Crippen LogP contribution in [0.1, 0.15) is 26.2 Å². The predicted molar refractivity (Wildman–Crippen MR) is 91.5 cm³/mol. The fourth-order valence-corrected chi connectivity index (χ4v) is 3.37. The van der Waals surface area contributed by atoms with Crippen molar-refractivity contribution in [2.24, 2.45) is 0 Å². The molecule has 1 saturated heterocycles. The maximum atomic E-state index is 9.54. The monoisotopic (exact) mass is 317 g/mol. The first-order chi connectivity index (χ1) is 11.1. The van der Waals surface area contributed by atoms with Gasteiger partial charge in [0.2, 0.25) is 0 Å². The molecule has 1 aromatic carbocycles. The molecule has 2 atom stereocenters. The molecule has 5 nitrogen and oxygen atoms in total. The minimum Gasteiger partial charge on any atom is -0.441 e. The quantitative estimate of drug-likeness (QED) is 0.885. The highest BCUT2D eigenvalue weighted by molar-refractivity contribution is 5.72. The second-order valence-corrected chi connectivity index (χ2v) is 6.67. The number of aliphatic hydroxyl groups is 1. The zero-order valence-corrected chi connectivity index (χ0v) is 14.1. The summed E-state index contributed by atoms with van der Waals surface area (Å²) in [5.74, 6) is 0.840. The van der Waals surface area contributed by atoms with Gasteiger partial charge in [-0.2, -0.15) is 0 Å². The van der Waals surface area contributed by atoms with Crippen molar-refractivity contribution in [1.29, 1.82) is 0 Å². The molecule has 1 aliphatic rings. The molecule has 2 heterocycles. The van der Waals surface area contributed by atoms with Crippen molar-refractivity contribution >= 4 is 11.1 Å². The lowest BCUT2D eigenvalue weighted by Gasteiger charge is -2.40. The van der Waals surface area contributed by atoms with Gasteiger partial charge in [-0.1, -0.05) is 12.1 Å². The summed E-state index contributed by atoms with van der Waals surface area (Å²) in [6.45, 7) is 9.14. The molecule has 0 unspecified atom stereocenters. The predicted octanol–water partition coefficient (Wildman–Crippen LogP) is 2.15. The van der Waals surface area contributed by atoms with E-state index < -0.39 is 0 Å². The van der Waals surface area contributed by atoms with Crippen molar-refractivity contribution in [2.75, 3.05) is 32.7 Å². The highest BCUT2D eigenvalue weighted by atomic mass is 16.3. The third-order valence-corrected chi connectivity index (χ3v) is 4.55. The Morgan fingerprint density at radius 3 is 2.91 bits per heavy atom. The number of benzene rings is 1. The van der Waals surface area contributed by atoms with Crippen LogP contribution in [0.25, 0.3) is 11.1 Å². The molecule has 1 aromatic heterocycles. The Morgan fingerprint density at radius 1 is 1.35 bits per heavy atom. The summed E-state index contributed by atoms with van der Waals surface area (Å²) < 4.78 is 5.77. The highest BCUT2D eigenvalue weighted by Crippen LogP contribution is 2.16. The molecule has 126 valence electrons. The first-order valence-electron chi connectivity index (χ1n) is 8.61. The number of hydrogen-bond donors (Lipinski definition) is 1. The smallest absolute Gasteiger partial charge is 0.195 e. The van der Waals surface area contributed by atoms with Crippen LogP contribution in [0.2, 0.25) is 0 Å². The van der Waals surface area contributed by atoms with Crippen molar-refractivity contribution in [2.45, 2.75) is 38.8 Å². The maximum absolute atomic E-state index is 9.54. The normalized spacial score (nSPS) is 21.8. The first kappa shape index (κ1) is 16.4. The third-order valence-electron chi connectivity index (χ3n) is 4.55. The Morgan fingerprint density at radius 2 is 2.17 bits per heavy atom. The van der Waals surface area contributed by atoms with Crippen LogP contribution < -0.4 is 0 Å². The average Bonchev–Trinajstić information content (AvgIpc) is 2.92. The number of aliphatic hydroxyl groups excluding tert-OH is 1. The molecule has 0 amide bonds. The minimum absolute atomic E-state index is 0.247. The van der Waals surface area contributed by atoms with E-state index in [4.69, 9.17) is 4.42 Å². The molecule has 0 radical (unpaired) electrons. The van der Waals surface area contributed by atoms with E-state index in [1.165, 1.54) is 0 Å². The molecule has 3 rings (SSSR count). The second-order valence-electron chi connectivity index (χ2n) is 6.67. The average molecular weight is 317 g/mol. The van der Waals surface area contributed by atoms with Crippen LogP contribution in [0.4, 0.5) is 0 Å². The maximum Gasteiger partial charge on any atom is 0.195 e. The summed E-state index contributed by atoms with van der Waals surface area (Å²) in [5.41, 5.74) is 1.82. The minimum atomic E-state index is -0.247. The molecule has 0 aliphatic carbocycles. The third kappa shape index (κ3) is 4.31. The molecule has 1 aliphatic heterocycles. The summed E-state index contributed by atoms with van der Waals surface area (Å²) in [5, 5.41) is 9.54. The summed E-state index contributed by atoms with van der Waals surface area (Å²) in [6, 6.07) is 8.43. The number of fused-ring (bicyclic) bond motifs is 1. The number of aryl methyl sites for hydroxylation is 1. The molecular weight excluding hydrogens is 290 g/mol. The van der Waals surface area contributed by atoms with Gasteiger partial charge in [0, 0.05) is 38.6 Å². The molecule has 0 saturated carbocycles. The fraction of sp³-hybridized carbons (Fsp3) is 0.611. The Kier molecular flexibility index (Phi) is 5.30. The highest BCUT2D eigenvalue weighted by Gasteiger charge is 2.24. The molecule has 1 fully saturated rings. The van der Waals surface area contributed by atoms with Crippen molar-refractivity contribution in [1.82, 2.24) is 14.8 Å². The standard InChI is InChI=1S/C18H27N3O2/c1-14-12-20(10-11-21(14)13-15(2)22)9-5-8-18-19-16-6-3-4-7-17(16)23-18/h3-4,6-7,14-15,22H,5,8-13H2,1-2H3/t14-,15+/m0/s1. The van der Waals surface area contributed by atoms with Gasteiger partial charge in [-0.3, -0.25) is 4.90 Å². The number of piperazine rings is 1. The van der Waals surface area contributed by atoms with Crippen LogP contribution in [-0.2, 0) is 6.42 Å². The number of hydrogen-bond acceptors (Lipinski definition) is 5. The number of β-amino-alcohol motifs (C(OH)–C–C–N with tert-alkyl or cyclic N) is 1. The number of para-hydroxylation sites is 2. The van der Waals surface area contributed by atoms with E-state index in [1.54, 1.807) is 0 Å². The van der Waals surface area contributed by atoms with Crippen molar-refractivity contribution < 1.29 is 9.52 Å². The Balaban J connectivity index is 1.44. The van der Waals surface area contributed by atoms with Crippen molar-refractivity contribution in [3.05, 3.63) is 30.2 Å². The van der Waals surface area contributed by atoms with Gasteiger partial charge >= 0.3 is 0 Å². The number of rotatable bonds is 6. The van der Waals surface area contributed by atoms with Gasteiger partial charge in [0.1, 0.15) is 5.52 Å². The fourth-order valence-electron chi connectivity index (χ4n) is 3.37. The van der Waals surface area contributed by atoms with Gasteiger partial charge in [-0.15, -0.1) is 0 Å². The van der Waals surface area contributed by atoms with E-state index in [0.717, 1.165) is 62.6 Å². The topological polar surface area (TPSA) is 52.7 Å². The SMILES string of the molecule is C[C@@H](O)CN1CCN(CCCc2nc3ccccc3o2)C[C@@H]1C. The second kappa shape index (κ2) is 7.43. The van der Waals surface area contributed by atoms with Crippen molar-refractivity contribution in [3.8, 4) is 0 Å². The van der Waals surface area contributed by atoms with E-state index >= 15 is 0 Å². The summed E-state index contributed by atoms with van der Waals surface area (Å²) >= 11 is 0. The van der Waals surface area contributed by atoms with E-state index in [1.807, 2.05) is 31.2 Å². The molecular formula is C18H27N3O2. The Hall–Kier alpha value is -1.43. The summed E-state index contributed by atoms with van der Waals surface area (Å²) in [7, 11) is 0. The largest absolute Gasteiger partial charge is 0.441 e. The first-order valence-corrected chi connectivity index (χ1v) is 8.61. The Labute approximate surface area is 137 Å². The number of nitrogens with zero attached hydrogens (tertiary/aromatic N) is 3. The van der Waals surface area contributed by atoms with Gasteiger partial charge in [0.25, 0.3) is 0 Å². The van der Waals surface area contributed by atoms with Crippen LogP contribution in [0.5, 0.6) is 0 Å². The summed E-state index contributed by atoms with van der Waals surface area (Å²) in [4.78, 5) is 9.42. The molecule has 0 bridgehead atoms. The van der Waals surface area contributed by atoms with Gasteiger partial charge in [-0.05, 0) is 38.9 Å². The lowest BCUT2D eigenvalue weighted by Crippen LogP contribution is -2.53. The lowest BCUT2D eigenvalue weighted by atomic mass is 10.1. The van der Waals surface area contributed by atoms with Gasteiger partial charge in [-0.25, -0.2) is 4.98 Å². The zero-order chi connectivity index (χ0) is 16.2. The van der Waals surface area contributed by atoms with E-state index in [9.17, 15) is 5.11 Å². The van der Waals surface area contributed by atoms with Crippen LogP contribution in [0, 0.1) is 0 Å². The number of aromatic nitrogens is 1. The molecule has 0 spiro atoms. The summed E-state index contributed by atoms with van der Waals surface area (Å²) in [6.07, 6.45) is 1.70. The van der Waals surface area contributed by atoms with Gasteiger partial charge in [0.05, 0.1) is 6.10 Å².